The topological polar surface area (TPSA) is 120 Å². The zero-order chi connectivity index (χ0) is 18.6. The van der Waals surface area contributed by atoms with Crippen molar-refractivity contribution in [1.82, 2.24) is 15.2 Å². The number of thioether (sulfide) groups is 2. The Labute approximate surface area is 152 Å². The van der Waals surface area contributed by atoms with Crippen LogP contribution in [0.15, 0.2) is 5.16 Å². The lowest BCUT2D eigenvalue weighted by Gasteiger charge is -2.39. The van der Waals surface area contributed by atoms with Crippen LogP contribution in [0.3, 0.4) is 0 Å². The van der Waals surface area contributed by atoms with E-state index in [2.05, 4.69) is 15.2 Å². The molecule has 1 aromatic rings. The van der Waals surface area contributed by atoms with Crippen LogP contribution in [0.2, 0.25) is 0 Å². The van der Waals surface area contributed by atoms with Gasteiger partial charge in [0.15, 0.2) is 18.3 Å². The molecule has 0 unspecified atom stereocenters. The van der Waals surface area contributed by atoms with Crippen molar-refractivity contribution in [3.05, 3.63) is 5.82 Å². The Hall–Kier alpha value is -1.75. The number of H-pyrrole nitrogens is 1. The molecule has 0 radical (unpaired) electrons. The van der Waals surface area contributed by atoms with Gasteiger partial charge in [-0.3, -0.25) is 19.5 Å². The molecule has 1 aliphatic heterocycles. The lowest BCUT2D eigenvalue weighted by Crippen LogP contribution is -2.53. The average Bonchev–Trinajstić information content (AvgIpc) is 2.89. The fourth-order valence-electron chi connectivity index (χ4n) is 2.29. The van der Waals surface area contributed by atoms with Crippen molar-refractivity contribution in [2.45, 2.75) is 55.7 Å². The molecule has 4 atom stereocenters. The number of hydrogen-bond acceptors (Lipinski definition) is 10. The van der Waals surface area contributed by atoms with Crippen LogP contribution in [0.5, 0.6) is 0 Å². The molecule has 2 heterocycles. The second kappa shape index (κ2) is 8.56. The van der Waals surface area contributed by atoms with E-state index in [-0.39, 0.29) is 4.58 Å². The summed E-state index contributed by atoms with van der Waals surface area (Å²) in [5, 5.41) is 7.28. The summed E-state index contributed by atoms with van der Waals surface area (Å²) >= 11 is 2.71. The van der Waals surface area contributed by atoms with Crippen molar-refractivity contribution in [2.24, 2.45) is 0 Å². The summed E-state index contributed by atoms with van der Waals surface area (Å²) in [6.45, 7) is 5.56. The zero-order valence-corrected chi connectivity index (χ0v) is 15.8. The third-order valence-electron chi connectivity index (χ3n) is 3.10. The van der Waals surface area contributed by atoms with Gasteiger partial charge in [-0.1, -0.05) is 11.8 Å². The third kappa shape index (κ3) is 5.63. The highest BCUT2D eigenvalue weighted by molar-refractivity contribution is 8.17. The summed E-state index contributed by atoms with van der Waals surface area (Å²) in [5.74, 6) is -0.538. The molecule has 0 bridgehead atoms. The van der Waals surface area contributed by atoms with Crippen molar-refractivity contribution in [3.8, 4) is 0 Å². The number of nitrogens with zero attached hydrogens (tertiary/aromatic N) is 2. The number of aryl methyl sites for hydroxylation is 1. The molecule has 0 spiro atoms. The first-order valence-corrected chi connectivity index (χ1v) is 9.38. The molecule has 0 aliphatic carbocycles. The molecule has 1 aromatic heterocycles. The van der Waals surface area contributed by atoms with Gasteiger partial charge in [0.2, 0.25) is 5.16 Å². The fourth-order valence-corrected chi connectivity index (χ4v) is 4.93. The molecule has 0 amide bonds. The molecular formula is C14H19N3O6S2. The third-order valence-corrected chi connectivity index (χ3v) is 5.81. The van der Waals surface area contributed by atoms with Gasteiger partial charge in [-0.15, -0.1) is 16.9 Å². The van der Waals surface area contributed by atoms with E-state index in [0.29, 0.717) is 16.7 Å². The zero-order valence-electron chi connectivity index (χ0n) is 14.2. The summed E-state index contributed by atoms with van der Waals surface area (Å²) in [7, 11) is 0. The maximum Gasteiger partial charge on any atom is 0.303 e. The minimum Gasteiger partial charge on any atom is -0.458 e. The van der Waals surface area contributed by atoms with E-state index < -0.39 is 36.2 Å². The normalized spacial score (nSPS) is 25.9. The molecule has 2 rings (SSSR count). The molecule has 0 saturated carbocycles. The number of carbonyl (C=O) groups is 3. The largest absolute Gasteiger partial charge is 0.458 e. The van der Waals surface area contributed by atoms with Crippen LogP contribution in [-0.2, 0) is 28.6 Å². The van der Waals surface area contributed by atoms with Crippen molar-refractivity contribution in [1.29, 1.82) is 0 Å². The number of rotatable bonds is 5. The molecule has 9 nitrogen and oxygen atoms in total. The quantitative estimate of drug-likeness (QED) is 0.578. The van der Waals surface area contributed by atoms with E-state index in [9.17, 15) is 14.4 Å². The maximum atomic E-state index is 11.5. The SMILES string of the molecule is CC(=O)O[C@@H]1[C@@H](OC(C)=O)[C@H](Sc2n[nH]c(C)n2)SC[C@H]1OC(C)=O. The highest BCUT2D eigenvalue weighted by Crippen LogP contribution is 2.40. The lowest BCUT2D eigenvalue weighted by molar-refractivity contribution is -0.180. The number of ether oxygens (including phenoxy) is 3. The summed E-state index contributed by atoms with van der Waals surface area (Å²) in [6.07, 6.45) is -2.42. The van der Waals surface area contributed by atoms with Gasteiger partial charge in [-0.05, 0) is 6.92 Å². The first kappa shape index (κ1) is 19.6. The number of nitrogens with one attached hydrogen (secondary N) is 1. The van der Waals surface area contributed by atoms with Gasteiger partial charge in [0.05, 0.1) is 4.58 Å². The summed E-state index contributed by atoms with van der Waals surface area (Å²) in [4.78, 5) is 38.6. The van der Waals surface area contributed by atoms with Gasteiger partial charge >= 0.3 is 17.9 Å². The lowest BCUT2D eigenvalue weighted by atomic mass is 10.1. The van der Waals surface area contributed by atoms with Gasteiger partial charge in [0.1, 0.15) is 5.82 Å². The van der Waals surface area contributed by atoms with Crippen molar-refractivity contribution < 1.29 is 28.6 Å². The van der Waals surface area contributed by atoms with Crippen LogP contribution in [-0.4, -0.2) is 61.7 Å². The van der Waals surface area contributed by atoms with Gasteiger partial charge in [-0.2, -0.15) is 0 Å². The highest BCUT2D eigenvalue weighted by atomic mass is 32.2. The van der Waals surface area contributed by atoms with Gasteiger partial charge in [0, 0.05) is 26.5 Å². The second-order valence-electron chi connectivity index (χ2n) is 5.32. The van der Waals surface area contributed by atoms with Crippen LogP contribution < -0.4 is 0 Å². The Balaban J connectivity index is 2.24. The van der Waals surface area contributed by atoms with Crippen LogP contribution in [0.1, 0.15) is 26.6 Å². The van der Waals surface area contributed by atoms with Gasteiger partial charge in [0.25, 0.3) is 0 Å². The van der Waals surface area contributed by atoms with Gasteiger partial charge < -0.3 is 14.2 Å². The molecular weight excluding hydrogens is 370 g/mol. The Kier molecular flexibility index (Phi) is 6.71. The fraction of sp³-hybridized carbons (Fsp3) is 0.643. The Morgan fingerprint density at radius 1 is 1.08 bits per heavy atom. The summed E-state index contributed by atoms with van der Waals surface area (Å²) < 4.78 is 15.6. The monoisotopic (exact) mass is 389 g/mol. The predicted molar refractivity (Wildman–Crippen MR) is 89.9 cm³/mol. The summed E-state index contributed by atoms with van der Waals surface area (Å²) in [5.41, 5.74) is 0. The average molecular weight is 389 g/mol. The Morgan fingerprint density at radius 3 is 2.20 bits per heavy atom. The van der Waals surface area contributed by atoms with E-state index in [4.69, 9.17) is 14.2 Å². The van der Waals surface area contributed by atoms with Crippen LogP contribution >= 0.6 is 23.5 Å². The van der Waals surface area contributed by atoms with E-state index in [0.717, 1.165) is 0 Å². The van der Waals surface area contributed by atoms with Crippen LogP contribution in [0, 0.1) is 6.92 Å². The number of aromatic nitrogens is 3. The minimum absolute atomic E-state index is 0.324. The predicted octanol–water partition coefficient (Wildman–Crippen LogP) is 1.07. The van der Waals surface area contributed by atoms with E-state index >= 15 is 0 Å². The Morgan fingerprint density at radius 2 is 1.68 bits per heavy atom. The van der Waals surface area contributed by atoms with Crippen molar-refractivity contribution in [3.63, 3.8) is 0 Å². The molecule has 0 aromatic carbocycles. The number of esters is 3. The molecule has 11 heteroatoms. The molecule has 138 valence electrons. The molecule has 1 fully saturated rings. The van der Waals surface area contributed by atoms with Gasteiger partial charge in [-0.25, -0.2) is 4.98 Å². The molecule has 1 N–H and O–H groups in total. The standard InChI is InChI=1S/C14H19N3O6S2/c1-6-15-14(17-16-6)25-13-12(23-9(4)20)11(22-8(3)19)10(5-24-13)21-7(2)18/h10-13H,5H2,1-4H3,(H,15,16,17)/t10-,11+,12-,13+/m1/s1. The number of carbonyl (C=O) groups excluding carboxylic acids is 3. The first-order chi connectivity index (χ1) is 11.8. The van der Waals surface area contributed by atoms with E-state index in [1.165, 1.54) is 44.3 Å². The smallest absolute Gasteiger partial charge is 0.303 e. The molecule has 25 heavy (non-hydrogen) atoms. The Bertz CT molecular complexity index is 652. The highest BCUT2D eigenvalue weighted by Gasteiger charge is 2.47. The number of hydrogen-bond donors (Lipinski definition) is 1. The summed E-state index contributed by atoms with van der Waals surface area (Å²) in [6, 6.07) is 0. The first-order valence-electron chi connectivity index (χ1n) is 7.45. The molecule has 1 saturated heterocycles. The van der Waals surface area contributed by atoms with Crippen LogP contribution in [0.25, 0.3) is 0 Å². The maximum absolute atomic E-state index is 11.5. The van der Waals surface area contributed by atoms with E-state index in [1.807, 2.05) is 0 Å². The van der Waals surface area contributed by atoms with Crippen molar-refractivity contribution in [2.75, 3.05) is 5.75 Å². The second-order valence-corrected chi connectivity index (χ2v) is 7.90. The van der Waals surface area contributed by atoms with Crippen LogP contribution in [0.4, 0.5) is 0 Å². The molecule has 1 aliphatic rings. The number of aromatic amines is 1. The van der Waals surface area contributed by atoms with Crippen molar-refractivity contribution >= 4 is 41.4 Å². The van der Waals surface area contributed by atoms with E-state index in [1.54, 1.807) is 6.92 Å². The minimum atomic E-state index is -0.899.